The normalized spacial score (nSPS) is 16.6. The number of carbonyl (C=O) groups excluding carboxylic acids is 1. The molecule has 208 valence electrons. The zero-order valence-corrected chi connectivity index (χ0v) is 24.0. The molecule has 0 atom stereocenters. The van der Waals surface area contributed by atoms with E-state index in [9.17, 15) is 9.59 Å². The Balaban J connectivity index is 1.03. The number of amides is 1. The van der Waals surface area contributed by atoms with Gasteiger partial charge in [-0.1, -0.05) is 53.7 Å². The van der Waals surface area contributed by atoms with Crippen molar-refractivity contribution < 1.29 is 4.79 Å². The smallest absolute Gasteiger partial charge is 0.326 e. The van der Waals surface area contributed by atoms with Crippen molar-refractivity contribution in [1.29, 1.82) is 0 Å². The van der Waals surface area contributed by atoms with Gasteiger partial charge in [-0.25, -0.2) is 14.8 Å². The van der Waals surface area contributed by atoms with Crippen LogP contribution in [0.3, 0.4) is 0 Å². The number of imidazole rings is 1. The molecule has 2 aromatic carbocycles. The number of carbonyl (C=O) groups is 1. The SMILES string of the molecule is Cc1ccccc1N1CCN(c2cc(Cl)nc(SCC(=O)N3CCC(n4c(=O)[nH]c5ccccc54)CC3)n2)CC1. The summed E-state index contributed by atoms with van der Waals surface area (Å²) >= 11 is 7.69. The fourth-order valence-electron chi connectivity index (χ4n) is 5.73. The van der Waals surface area contributed by atoms with E-state index in [1.54, 1.807) is 6.07 Å². The van der Waals surface area contributed by atoms with Gasteiger partial charge in [0.15, 0.2) is 5.16 Å². The monoisotopic (exact) mass is 577 g/mol. The molecule has 1 N–H and O–H groups in total. The van der Waals surface area contributed by atoms with Gasteiger partial charge in [-0.05, 0) is 43.5 Å². The van der Waals surface area contributed by atoms with Gasteiger partial charge in [0.2, 0.25) is 5.91 Å². The molecule has 9 nitrogen and oxygen atoms in total. The lowest BCUT2D eigenvalue weighted by Crippen LogP contribution is -2.47. The lowest BCUT2D eigenvalue weighted by Gasteiger charge is -2.37. The number of piperazine rings is 1. The van der Waals surface area contributed by atoms with Crippen LogP contribution in [-0.4, -0.2) is 75.3 Å². The fraction of sp³-hybridized carbons (Fsp3) is 0.379. The van der Waals surface area contributed by atoms with Gasteiger partial charge in [0.25, 0.3) is 0 Å². The van der Waals surface area contributed by atoms with Crippen molar-refractivity contribution in [3.8, 4) is 0 Å². The Morgan fingerprint density at radius 1 is 0.975 bits per heavy atom. The summed E-state index contributed by atoms with van der Waals surface area (Å²) in [6.07, 6.45) is 1.48. The predicted octanol–water partition coefficient (Wildman–Crippen LogP) is 4.36. The van der Waals surface area contributed by atoms with E-state index in [1.807, 2.05) is 33.7 Å². The molecule has 0 radical (unpaired) electrons. The Kier molecular flexibility index (Phi) is 7.71. The maximum absolute atomic E-state index is 13.0. The molecule has 2 aliphatic heterocycles. The Hall–Kier alpha value is -3.50. The molecule has 40 heavy (non-hydrogen) atoms. The number of hydrogen-bond donors (Lipinski definition) is 1. The highest BCUT2D eigenvalue weighted by Gasteiger charge is 2.26. The highest BCUT2D eigenvalue weighted by Crippen LogP contribution is 2.28. The van der Waals surface area contributed by atoms with Crippen LogP contribution in [0.15, 0.2) is 64.5 Å². The average Bonchev–Trinajstić information content (AvgIpc) is 3.31. The molecule has 0 unspecified atom stereocenters. The number of nitrogens with one attached hydrogen (secondary N) is 1. The van der Waals surface area contributed by atoms with Crippen molar-refractivity contribution in [2.24, 2.45) is 0 Å². The number of likely N-dealkylation sites (tertiary alicyclic amines) is 1. The Labute approximate surface area is 242 Å². The molecule has 4 heterocycles. The van der Waals surface area contributed by atoms with Crippen LogP contribution in [0.1, 0.15) is 24.4 Å². The minimum Gasteiger partial charge on any atom is -0.368 e. The van der Waals surface area contributed by atoms with Gasteiger partial charge in [-0.15, -0.1) is 0 Å². The van der Waals surface area contributed by atoms with Gasteiger partial charge in [0.1, 0.15) is 11.0 Å². The standard InChI is InChI=1S/C29H32ClN7O2S/c1-20-6-2-4-8-23(20)34-14-16-35(17-15-34)26-18-25(30)32-28(33-26)40-19-27(38)36-12-10-21(11-13-36)37-24-9-5-3-7-22(24)31-29(37)39/h2-9,18,21H,10-17,19H2,1H3,(H,31,39). The van der Waals surface area contributed by atoms with E-state index in [1.165, 1.54) is 23.0 Å². The number of benzene rings is 2. The van der Waals surface area contributed by atoms with Crippen LogP contribution in [0.5, 0.6) is 0 Å². The first-order valence-electron chi connectivity index (χ1n) is 13.7. The van der Waals surface area contributed by atoms with Crippen molar-refractivity contribution >= 4 is 51.8 Å². The first-order chi connectivity index (χ1) is 19.5. The number of piperidine rings is 1. The van der Waals surface area contributed by atoms with E-state index in [0.717, 1.165) is 55.9 Å². The Bertz CT molecular complexity index is 1570. The second-order valence-electron chi connectivity index (χ2n) is 10.3. The van der Waals surface area contributed by atoms with Crippen molar-refractivity contribution in [1.82, 2.24) is 24.4 Å². The van der Waals surface area contributed by atoms with E-state index in [2.05, 4.69) is 51.0 Å². The molecular weight excluding hydrogens is 546 g/mol. The van der Waals surface area contributed by atoms with E-state index >= 15 is 0 Å². The number of para-hydroxylation sites is 3. The summed E-state index contributed by atoms with van der Waals surface area (Å²) in [5.74, 6) is 1.09. The minimum atomic E-state index is -0.0907. The third kappa shape index (κ3) is 5.55. The van der Waals surface area contributed by atoms with E-state index < -0.39 is 0 Å². The fourth-order valence-corrected chi connectivity index (χ4v) is 6.72. The number of aromatic nitrogens is 4. The largest absolute Gasteiger partial charge is 0.368 e. The molecule has 11 heteroatoms. The van der Waals surface area contributed by atoms with Gasteiger partial charge < -0.3 is 19.7 Å². The summed E-state index contributed by atoms with van der Waals surface area (Å²) in [7, 11) is 0. The third-order valence-electron chi connectivity index (χ3n) is 7.85. The predicted molar refractivity (Wildman–Crippen MR) is 161 cm³/mol. The number of H-pyrrole nitrogens is 1. The van der Waals surface area contributed by atoms with E-state index in [4.69, 9.17) is 16.6 Å². The molecule has 2 fully saturated rings. The number of rotatable bonds is 6. The van der Waals surface area contributed by atoms with E-state index in [0.29, 0.717) is 23.4 Å². The summed E-state index contributed by atoms with van der Waals surface area (Å²) in [5.41, 5.74) is 4.22. The van der Waals surface area contributed by atoms with Crippen LogP contribution < -0.4 is 15.5 Å². The first kappa shape index (κ1) is 26.7. The van der Waals surface area contributed by atoms with Crippen LogP contribution in [0.2, 0.25) is 5.15 Å². The first-order valence-corrected chi connectivity index (χ1v) is 15.0. The lowest BCUT2D eigenvalue weighted by atomic mass is 10.0. The zero-order chi connectivity index (χ0) is 27.6. The van der Waals surface area contributed by atoms with Crippen molar-refractivity contribution in [3.05, 3.63) is 75.8 Å². The molecule has 4 aromatic rings. The van der Waals surface area contributed by atoms with Crippen molar-refractivity contribution in [2.75, 3.05) is 54.8 Å². The minimum absolute atomic E-state index is 0.0479. The highest BCUT2D eigenvalue weighted by molar-refractivity contribution is 7.99. The second kappa shape index (κ2) is 11.5. The number of aryl methyl sites for hydroxylation is 1. The van der Waals surface area contributed by atoms with Crippen molar-refractivity contribution in [2.45, 2.75) is 31.0 Å². The van der Waals surface area contributed by atoms with Crippen molar-refractivity contribution in [3.63, 3.8) is 0 Å². The van der Waals surface area contributed by atoms with Crippen LogP contribution in [0.4, 0.5) is 11.5 Å². The summed E-state index contributed by atoms with van der Waals surface area (Å²) in [6, 6.07) is 18.1. The topological polar surface area (TPSA) is 90.4 Å². The quantitative estimate of drug-likeness (QED) is 0.207. The third-order valence-corrected chi connectivity index (χ3v) is 8.88. The molecule has 2 aliphatic rings. The molecular formula is C29H32ClN7O2S. The van der Waals surface area contributed by atoms with Gasteiger partial charge >= 0.3 is 5.69 Å². The Morgan fingerprint density at radius 3 is 2.45 bits per heavy atom. The summed E-state index contributed by atoms with van der Waals surface area (Å²) in [4.78, 5) is 44.2. The molecule has 6 rings (SSSR count). The Morgan fingerprint density at radius 2 is 1.68 bits per heavy atom. The highest BCUT2D eigenvalue weighted by atomic mass is 35.5. The average molecular weight is 578 g/mol. The summed E-state index contributed by atoms with van der Waals surface area (Å²) in [6.45, 7) is 6.83. The number of nitrogens with zero attached hydrogens (tertiary/aromatic N) is 6. The summed E-state index contributed by atoms with van der Waals surface area (Å²) in [5, 5.41) is 0.892. The number of hydrogen-bond acceptors (Lipinski definition) is 7. The second-order valence-corrected chi connectivity index (χ2v) is 11.6. The number of fused-ring (bicyclic) bond motifs is 1. The molecule has 0 bridgehead atoms. The van der Waals surface area contributed by atoms with Gasteiger partial charge in [-0.2, -0.15) is 0 Å². The van der Waals surface area contributed by atoms with Crippen LogP contribution in [0.25, 0.3) is 11.0 Å². The van der Waals surface area contributed by atoms with Gasteiger partial charge in [0.05, 0.1) is 16.8 Å². The molecule has 2 aromatic heterocycles. The van der Waals surface area contributed by atoms with Gasteiger partial charge in [0, 0.05) is 57.1 Å². The molecule has 0 aliphatic carbocycles. The summed E-state index contributed by atoms with van der Waals surface area (Å²) < 4.78 is 1.84. The molecule has 0 saturated carbocycles. The zero-order valence-electron chi connectivity index (χ0n) is 22.4. The maximum Gasteiger partial charge on any atom is 0.326 e. The van der Waals surface area contributed by atoms with Crippen LogP contribution in [-0.2, 0) is 4.79 Å². The van der Waals surface area contributed by atoms with Crippen LogP contribution in [0, 0.1) is 6.92 Å². The number of anilines is 2. The molecule has 1 amide bonds. The lowest BCUT2D eigenvalue weighted by molar-refractivity contribution is -0.129. The molecule has 0 spiro atoms. The maximum atomic E-state index is 13.0. The van der Waals surface area contributed by atoms with E-state index in [-0.39, 0.29) is 23.4 Å². The van der Waals surface area contributed by atoms with Gasteiger partial charge in [-0.3, -0.25) is 9.36 Å². The number of aromatic amines is 1. The number of thioether (sulfide) groups is 1. The molecule has 2 saturated heterocycles. The number of halogens is 1. The van der Waals surface area contributed by atoms with Crippen LogP contribution >= 0.6 is 23.4 Å².